The van der Waals surface area contributed by atoms with E-state index < -0.39 is 43.9 Å². The molecular formula is C20H17F2N3O4S. The molecular weight excluding hydrogens is 416 g/mol. The van der Waals surface area contributed by atoms with Crippen molar-refractivity contribution in [1.29, 1.82) is 0 Å². The molecule has 2 aromatic heterocycles. The molecule has 30 heavy (non-hydrogen) atoms. The van der Waals surface area contributed by atoms with E-state index in [1.807, 2.05) is 24.6 Å². The van der Waals surface area contributed by atoms with Gasteiger partial charge in [-0.05, 0) is 41.8 Å². The SMILES string of the molecule is CC(C)c1cc(-c2ccc(S(=O)(=O)Nc3cc(F)c(C(=O)O)cc3F)nc2)ccn1. The smallest absolute Gasteiger partial charge is 0.338 e. The Bertz CT molecular complexity index is 1210. The lowest BCUT2D eigenvalue weighted by molar-refractivity contribution is 0.0691. The second-order valence-corrected chi connectivity index (χ2v) is 8.36. The maximum absolute atomic E-state index is 14.0. The van der Waals surface area contributed by atoms with Gasteiger partial charge in [0.05, 0.1) is 11.3 Å². The monoisotopic (exact) mass is 433 g/mol. The molecule has 0 amide bonds. The average molecular weight is 433 g/mol. The lowest BCUT2D eigenvalue weighted by Crippen LogP contribution is -2.16. The largest absolute Gasteiger partial charge is 0.478 e. The third-order valence-electron chi connectivity index (χ3n) is 4.25. The second-order valence-electron chi connectivity index (χ2n) is 6.73. The summed E-state index contributed by atoms with van der Waals surface area (Å²) in [5.41, 5.74) is 0.695. The molecule has 3 rings (SSSR count). The topological polar surface area (TPSA) is 109 Å². The number of nitrogens with one attached hydrogen (secondary N) is 1. The van der Waals surface area contributed by atoms with E-state index in [4.69, 9.17) is 5.11 Å². The van der Waals surface area contributed by atoms with Gasteiger partial charge in [-0.1, -0.05) is 13.8 Å². The Balaban J connectivity index is 1.88. The molecule has 0 aliphatic carbocycles. The van der Waals surface area contributed by atoms with Gasteiger partial charge in [0, 0.05) is 29.7 Å². The van der Waals surface area contributed by atoms with Gasteiger partial charge in [0.25, 0.3) is 10.0 Å². The van der Waals surface area contributed by atoms with Crippen molar-refractivity contribution in [3.8, 4) is 11.1 Å². The standard InChI is InChI=1S/C20H17F2N3O4S/c1-11(2)17-7-12(5-6-23-17)13-3-4-19(24-10-13)30(28,29)25-18-9-15(21)14(20(26)27)8-16(18)22/h3-11,25H,1-2H3,(H,26,27). The molecule has 0 unspecified atom stereocenters. The highest BCUT2D eigenvalue weighted by Gasteiger charge is 2.21. The summed E-state index contributed by atoms with van der Waals surface area (Å²) in [5.74, 6) is -3.96. The van der Waals surface area contributed by atoms with E-state index >= 15 is 0 Å². The fourth-order valence-electron chi connectivity index (χ4n) is 2.64. The summed E-state index contributed by atoms with van der Waals surface area (Å²) in [6.07, 6.45) is 2.99. The molecule has 0 saturated heterocycles. The number of nitrogens with zero attached hydrogens (tertiary/aromatic N) is 2. The quantitative estimate of drug-likeness (QED) is 0.607. The number of benzene rings is 1. The van der Waals surface area contributed by atoms with Crippen LogP contribution in [-0.2, 0) is 10.0 Å². The van der Waals surface area contributed by atoms with Gasteiger partial charge in [0.1, 0.15) is 11.6 Å². The third-order valence-corrected chi connectivity index (χ3v) is 5.53. The summed E-state index contributed by atoms with van der Waals surface area (Å²) < 4.78 is 54.7. The van der Waals surface area contributed by atoms with Crippen molar-refractivity contribution in [2.45, 2.75) is 24.8 Å². The fraction of sp³-hybridized carbons (Fsp3) is 0.150. The lowest BCUT2D eigenvalue weighted by atomic mass is 10.0. The Hall–Kier alpha value is -3.40. The van der Waals surface area contributed by atoms with Gasteiger partial charge >= 0.3 is 5.97 Å². The van der Waals surface area contributed by atoms with E-state index in [-0.39, 0.29) is 5.92 Å². The van der Waals surface area contributed by atoms with Gasteiger partial charge in [-0.15, -0.1) is 0 Å². The van der Waals surface area contributed by atoms with Crippen molar-refractivity contribution in [2.24, 2.45) is 0 Å². The molecule has 1 aromatic carbocycles. The highest BCUT2D eigenvalue weighted by Crippen LogP contribution is 2.25. The minimum absolute atomic E-state index is 0.213. The van der Waals surface area contributed by atoms with Crippen LogP contribution in [0.2, 0.25) is 0 Å². The molecule has 10 heteroatoms. The molecule has 0 aliphatic heterocycles. The summed E-state index contributed by atoms with van der Waals surface area (Å²) in [5, 5.41) is 8.39. The summed E-state index contributed by atoms with van der Waals surface area (Å²) in [4.78, 5) is 19.0. The van der Waals surface area contributed by atoms with Crippen molar-refractivity contribution in [3.05, 3.63) is 71.7 Å². The third kappa shape index (κ3) is 4.43. The van der Waals surface area contributed by atoms with Gasteiger partial charge in [-0.25, -0.2) is 18.6 Å². The summed E-state index contributed by atoms with van der Waals surface area (Å²) in [6.45, 7) is 3.99. The first-order chi connectivity index (χ1) is 14.1. The Morgan fingerprint density at radius 1 is 1.03 bits per heavy atom. The number of sulfonamides is 1. The first kappa shape index (κ1) is 21.3. The molecule has 2 N–H and O–H groups in total. The molecule has 0 bridgehead atoms. The molecule has 0 fully saturated rings. The number of hydrogen-bond acceptors (Lipinski definition) is 5. The lowest BCUT2D eigenvalue weighted by Gasteiger charge is -2.11. The number of hydrogen-bond donors (Lipinski definition) is 2. The van der Waals surface area contributed by atoms with Crippen molar-refractivity contribution in [1.82, 2.24) is 9.97 Å². The van der Waals surface area contributed by atoms with Crippen LogP contribution in [0.4, 0.5) is 14.5 Å². The van der Waals surface area contributed by atoms with Gasteiger partial charge in [-0.2, -0.15) is 8.42 Å². The normalized spacial score (nSPS) is 11.5. The molecule has 0 spiro atoms. The van der Waals surface area contributed by atoms with Gasteiger partial charge in [0.15, 0.2) is 5.03 Å². The Morgan fingerprint density at radius 3 is 2.37 bits per heavy atom. The number of carbonyl (C=O) groups is 1. The molecule has 0 aliphatic rings. The van der Waals surface area contributed by atoms with E-state index in [0.29, 0.717) is 17.7 Å². The molecule has 2 heterocycles. The maximum atomic E-state index is 14.0. The zero-order chi connectivity index (χ0) is 22.1. The number of halogens is 2. The van der Waals surface area contributed by atoms with Crippen LogP contribution in [0, 0.1) is 11.6 Å². The van der Waals surface area contributed by atoms with E-state index in [2.05, 4.69) is 9.97 Å². The molecule has 7 nitrogen and oxygen atoms in total. The van der Waals surface area contributed by atoms with Crippen LogP contribution in [0.5, 0.6) is 0 Å². The Kier molecular flexibility index (Phi) is 5.79. The zero-order valence-corrected chi connectivity index (χ0v) is 16.7. The highest BCUT2D eigenvalue weighted by molar-refractivity contribution is 7.92. The number of aromatic nitrogens is 2. The Morgan fingerprint density at radius 2 is 1.77 bits per heavy atom. The summed E-state index contributed by atoms with van der Waals surface area (Å²) in [6, 6.07) is 7.27. The average Bonchev–Trinajstić information content (AvgIpc) is 2.70. The molecule has 3 aromatic rings. The number of carboxylic acids is 1. The van der Waals surface area contributed by atoms with Crippen molar-refractivity contribution < 1.29 is 27.1 Å². The highest BCUT2D eigenvalue weighted by atomic mass is 32.2. The van der Waals surface area contributed by atoms with Crippen LogP contribution in [0.25, 0.3) is 11.1 Å². The minimum atomic E-state index is -4.33. The van der Waals surface area contributed by atoms with Gasteiger partial charge in [-0.3, -0.25) is 9.71 Å². The van der Waals surface area contributed by atoms with Gasteiger partial charge in [0.2, 0.25) is 0 Å². The van der Waals surface area contributed by atoms with Crippen LogP contribution in [0.3, 0.4) is 0 Å². The van der Waals surface area contributed by atoms with E-state index in [1.165, 1.54) is 18.3 Å². The predicted molar refractivity (Wildman–Crippen MR) is 106 cm³/mol. The first-order valence-electron chi connectivity index (χ1n) is 8.76. The molecule has 0 saturated carbocycles. The number of rotatable bonds is 6. The molecule has 0 atom stereocenters. The number of pyridine rings is 2. The van der Waals surface area contributed by atoms with Crippen LogP contribution in [-0.4, -0.2) is 29.5 Å². The fourth-order valence-corrected chi connectivity index (χ4v) is 3.63. The first-order valence-corrected chi connectivity index (χ1v) is 10.2. The summed E-state index contributed by atoms with van der Waals surface area (Å²) in [7, 11) is -4.33. The van der Waals surface area contributed by atoms with E-state index in [1.54, 1.807) is 12.3 Å². The van der Waals surface area contributed by atoms with Crippen LogP contribution in [0.15, 0.2) is 53.8 Å². The van der Waals surface area contributed by atoms with E-state index in [0.717, 1.165) is 11.3 Å². The van der Waals surface area contributed by atoms with Crippen LogP contribution >= 0.6 is 0 Å². The minimum Gasteiger partial charge on any atom is -0.478 e. The van der Waals surface area contributed by atoms with Crippen LogP contribution < -0.4 is 4.72 Å². The van der Waals surface area contributed by atoms with Gasteiger partial charge < -0.3 is 5.11 Å². The summed E-state index contributed by atoms with van der Waals surface area (Å²) >= 11 is 0. The zero-order valence-electron chi connectivity index (χ0n) is 15.9. The number of aromatic carboxylic acids is 1. The van der Waals surface area contributed by atoms with Crippen LogP contribution in [0.1, 0.15) is 35.8 Å². The second kappa shape index (κ2) is 8.15. The van der Waals surface area contributed by atoms with E-state index in [9.17, 15) is 22.0 Å². The maximum Gasteiger partial charge on any atom is 0.338 e. The van der Waals surface area contributed by atoms with Crippen molar-refractivity contribution in [3.63, 3.8) is 0 Å². The Labute approximate surface area is 171 Å². The van der Waals surface area contributed by atoms with Crippen molar-refractivity contribution in [2.75, 3.05) is 4.72 Å². The predicted octanol–water partition coefficient (Wildman–Crippen LogP) is 4.04. The number of carboxylic acid groups (broad SMARTS) is 1. The van der Waals surface area contributed by atoms with Crippen molar-refractivity contribution >= 4 is 21.7 Å². The molecule has 156 valence electrons. The molecule has 0 radical (unpaired) electrons. The number of anilines is 1.